The molecule has 0 spiro atoms. The standard InChI is InChI=1S/C19H21F3O6/c1-11(9-13-10-15(23)12(2)28-16(13)24)27-17(25)18(26-3,19(20,21)22)14-7-5-4-6-8-14/h4-8,10-12,15,23H,9H2,1-3H3/t11-,12+,15-,18-/m0/s1. The first-order chi connectivity index (χ1) is 13.0. The summed E-state index contributed by atoms with van der Waals surface area (Å²) >= 11 is 0. The van der Waals surface area contributed by atoms with Gasteiger partial charge in [0.15, 0.2) is 0 Å². The van der Waals surface area contributed by atoms with Crippen LogP contribution in [0.5, 0.6) is 0 Å². The van der Waals surface area contributed by atoms with Gasteiger partial charge < -0.3 is 19.3 Å². The Balaban J connectivity index is 2.24. The molecule has 1 heterocycles. The zero-order valence-corrected chi connectivity index (χ0v) is 15.5. The van der Waals surface area contributed by atoms with E-state index < -0.39 is 47.6 Å². The summed E-state index contributed by atoms with van der Waals surface area (Å²) in [5.74, 6) is -2.38. The van der Waals surface area contributed by atoms with Crippen molar-refractivity contribution in [3.05, 3.63) is 47.5 Å². The molecule has 2 rings (SSSR count). The molecule has 0 aliphatic carbocycles. The van der Waals surface area contributed by atoms with E-state index in [0.29, 0.717) is 0 Å². The Morgan fingerprint density at radius 3 is 2.43 bits per heavy atom. The van der Waals surface area contributed by atoms with Crippen LogP contribution in [-0.2, 0) is 29.4 Å². The van der Waals surface area contributed by atoms with Crippen molar-refractivity contribution in [3.63, 3.8) is 0 Å². The molecule has 28 heavy (non-hydrogen) atoms. The fraction of sp³-hybridized carbons (Fsp3) is 0.474. The number of carbonyl (C=O) groups excluding carboxylic acids is 2. The van der Waals surface area contributed by atoms with E-state index in [1.165, 1.54) is 38.1 Å². The molecule has 0 radical (unpaired) electrons. The number of aliphatic hydroxyl groups excluding tert-OH is 1. The third kappa shape index (κ3) is 4.20. The molecule has 1 aliphatic rings. The summed E-state index contributed by atoms with van der Waals surface area (Å²) < 4.78 is 56.1. The lowest BCUT2D eigenvalue weighted by Crippen LogP contribution is -2.52. The Morgan fingerprint density at radius 2 is 1.89 bits per heavy atom. The summed E-state index contributed by atoms with van der Waals surface area (Å²) in [5.41, 5.74) is -3.72. The third-order valence-electron chi connectivity index (χ3n) is 4.40. The van der Waals surface area contributed by atoms with Gasteiger partial charge in [-0.1, -0.05) is 30.3 Å². The first-order valence-corrected chi connectivity index (χ1v) is 8.51. The van der Waals surface area contributed by atoms with E-state index in [0.717, 1.165) is 19.2 Å². The van der Waals surface area contributed by atoms with Gasteiger partial charge in [0.05, 0.1) is 0 Å². The van der Waals surface area contributed by atoms with Crippen molar-refractivity contribution in [1.82, 2.24) is 0 Å². The lowest BCUT2D eigenvalue weighted by Gasteiger charge is -2.33. The molecule has 6 nitrogen and oxygen atoms in total. The van der Waals surface area contributed by atoms with Crippen LogP contribution in [0.1, 0.15) is 25.8 Å². The highest BCUT2D eigenvalue weighted by atomic mass is 19.4. The molecule has 0 unspecified atom stereocenters. The maximum atomic E-state index is 13.8. The average Bonchev–Trinajstić information content (AvgIpc) is 2.60. The second kappa shape index (κ2) is 8.32. The van der Waals surface area contributed by atoms with Gasteiger partial charge in [0, 0.05) is 24.7 Å². The van der Waals surface area contributed by atoms with Gasteiger partial charge in [-0.2, -0.15) is 13.2 Å². The molecule has 154 valence electrons. The molecule has 0 saturated carbocycles. The van der Waals surface area contributed by atoms with Crippen molar-refractivity contribution in [2.24, 2.45) is 0 Å². The molecule has 0 saturated heterocycles. The predicted molar refractivity (Wildman–Crippen MR) is 91.0 cm³/mol. The third-order valence-corrected chi connectivity index (χ3v) is 4.40. The quantitative estimate of drug-likeness (QED) is 0.737. The number of hydrogen-bond donors (Lipinski definition) is 1. The molecule has 9 heteroatoms. The number of cyclic esters (lactones) is 1. The number of esters is 2. The summed E-state index contributed by atoms with van der Waals surface area (Å²) in [7, 11) is 0.769. The summed E-state index contributed by atoms with van der Waals surface area (Å²) in [6.07, 6.45) is -6.96. The van der Waals surface area contributed by atoms with Crippen molar-refractivity contribution >= 4 is 11.9 Å². The molecule has 0 amide bonds. The maximum Gasteiger partial charge on any atom is 0.432 e. The van der Waals surface area contributed by atoms with Crippen LogP contribution in [0.4, 0.5) is 13.2 Å². The molecule has 0 fully saturated rings. The lowest BCUT2D eigenvalue weighted by atomic mass is 9.92. The van der Waals surface area contributed by atoms with Gasteiger partial charge >= 0.3 is 18.1 Å². The normalized spacial score (nSPS) is 23.2. The van der Waals surface area contributed by atoms with Crippen LogP contribution >= 0.6 is 0 Å². The molecule has 1 N–H and O–H groups in total. The molecular weight excluding hydrogens is 381 g/mol. The van der Waals surface area contributed by atoms with E-state index in [-0.39, 0.29) is 12.0 Å². The number of hydrogen-bond acceptors (Lipinski definition) is 6. The Kier molecular flexibility index (Phi) is 6.51. The monoisotopic (exact) mass is 402 g/mol. The van der Waals surface area contributed by atoms with Gasteiger partial charge in [0.25, 0.3) is 5.60 Å². The molecule has 0 bridgehead atoms. The van der Waals surface area contributed by atoms with E-state index >= 15 is 0 Å². The summed E-state index contributed by atoms with van der Waals surface area (Å²) in [4.78, 5) is 24.4. The molecule has 1 aromatic rings. The van der Waals surface area contributed by atoms with Crippen molar-refractivity contribution in [2.75, 3.05) is 7.11 Å². The van der Waals surface area contributed by atoms with Gasteiger partial charge in [-0.3, -0.25) is 0 Å². The van der Waals surface area contributed by atoms with Crippen LogP contribution in [0.3, 0.4) is 0 Å². The van der Waals surface area contributed by atoms with Crippen molar-refractivity contribution < 1.29 is 42.1 Å². The molecular formula is C19H21F3O6. The molecule has 1 aromatic carbocycles. The number of carbonyl (C=O) groups is 2. The highest BCUT2D eigenvalue weighted by Gasteiger charge is 2.64. The van der Waals surface area contributed by atoms with Crippen molar-refractivity contribution in [1.29, 1.82) is 0 Å². The fourth-order valence-electron chi connectivity index (χ4n) is 2.88. The van der Waals surface area contributed by atoms with E-state index in [4.69, 9.17) is 9.47 Å². The highest BCUT2D eigenvalue weighted by Crippen LogP contribution is 2.43. The minimum Gasteiger partial charge on any atom is -0.460 e. The van der Waals surface area contributed by atoms with Gasteiger partial charge in [-0.25, -0.2) is 9.59 Å². The van der Waals surface area contributed by atoms with Crippen LogP contribution in [0, 0.1) is 0 Å². The average molecular weight is 402 g/mol. The number of aliphatic hydroxyl groups is 1. The molecule has 1 aliphatic heterocycles. The van der Waals surface area contributed by atoms with E-state index in [9.17, 15) is 27.9 Å². The Morgan fingerprint density at radius 1 is 1.29 bits per heavy atom. The van der Waals surface area contributed by atoms with Crippen LogP contribution in [0.2, 0.25) is 0 Å². The van der Waals surface area contributed by atoms with Crippen LogP contribution in [-0.4, -0.2) is 48.6 Å². The summed E-state index contributed by atoms with van der Waals surface area (Å²) in [6, 6.07) is 6.42. The van der Waals surface area contributed by atoms with E-state index in [1.807, 2.05) is 0 Å². The second-order valence-corrected chi connectivity index (χ2v) is 6.46. The summed E-state index contributed by atoms with van der Waals surface area (Å²) in [5, 5.41) is 9.75. The molecule has 4 atom stereocenters. The minimum atomic E-state index is -5.09. The highest BCUT2D eigenvalue weighted by molar-refractivity contribution is 5.89. The van der Waals surface area contributed by atoms with Crippen molar-refractivity contribution in [3.8, 4) is 0 Å². The Bertz CT molecular complexity index is 746. The van der Waals surface area contributed by atoms with Gasteiger partial charge in [-0.05, 0) is 19.9 Å². The first-order valence-electron chi connectivity index (χ1n) is 8.51. The van der Waals surface area contributed by atoms with Gasteiger partial charge in [0.1, 0.15) is 18.3 Å². The SMILES string of the molecule is CO[C@](C(=O)O[C@@H](C)CC1=C[C@H](O)[C@@H](C)OC1=O)(c1ccccc1)C(F)(F)F. The largest absolute Gasteiger partial charge is 0.460 e. The predicted octanol–water partition coefficient (Wildman–Crippen LogP) is 2.65. The molecule has 0 aromatic heterocycles. The summed E-state index contributed by atoms with van der Waals surface area (Å²) in [6.45, 7) is 2.83. The van der Waals surface area contributed by atoms with Crippen LogP contribution in [0.25, 0.3) is 0 Å². The lowest BCUT2D eigenvalue weighted by molar-refractivity contribution is -0.278. The number of halogens is 3. The van der Waals surface area contributed by atoms with E-state index in [1.54, 1.807) is 0 Å². The van der Waals surface area contributed by atoms with Gasteiger partial charge in [0.2, 0.25) is 0 Å². The zero-order chi connectivity index (χ0) is 21.1. The number of benzene rings is 1. The number of methoxy groups -OCH3 is 1. The fourth-order valence-corrected chi connectivity index (χ4v) is 2.88. The Labute approximate surface area is 159 Å². The minimum absolute atomic E-state index is 0.0145. The second-order valence-electron chi connectivity index (χ2n) is 6.46. The number of ether oxygens (including phenoxy) is 3. The Hall–Kier alpha value is -2.39. The van der Waals surface area contributed by atoms with Crippen LogP contribution < -0.4 is 0 Å². The van der Waals surface area contributed by atoms with Crippen molar-refractivity contribution in [2.45, 2.75) is 50.4 Å². The number of rotatable bonds is 6. The zero-order valence-electron chi connectivity index (χ0n) is 15.5. The smallest absolute Gasteiger partial charge is 0.432 e. The van der Waals surface area contributed by atoms with Gasteiger partial charge in [-0.15, -0.1) is 0 Å². The topological polar surface area (TPSA) is 82.1 Å². The van der Waals surface area contributed by atoms with E-state index in [2.05, 4.69) is 4.74 Å². The first kappa shape index (κ1) is 21.9. The van der Waals surface area contributed by atoms with Crippen LogP contribution in [0.15, 0.2) is 42.0 Å². The number of alkyl halides is 3. The maximum absolute atomic E-state index is 13.8.